The molecule has 0 radical (unpaired) electrons. The molecule has 0 spiro atoms. The molecule has 0 atom stereocenters. The molecule has 7 heteroatoms. The highest BCUT2D eigenvalue weighted by atomic mass is 35.5. The van der Waals surface area contributed by atoms with E-state index in [2.05, 4.69) is 10.5 Å². The highest BCUT2D eigenvalue weighted by Gasteiger charge is 2.13. The second-order valence-electron chi connectivity index (χ2n) is 4.11. The molecule has 0 heterocycles. The van der Waals surface area contributed by atoms with Crippen molar-refractivity contribution < 1.29 is 14.4 Å². The quantitative estimate of drug-likeness (QED) is 0.352. The van der Waals surface area contributed by atoms with Gasteiger partial charge in [-0.25, -0.2) is 4.39 Å². The number of amidine groups is 1. The number of anilines is 1. The average Bonchev–Trinajstić information content (AvgIpc) is 2.48. The predicted octanol–water partition coefficient (Wildman–Crippen LogP) is 2.83. The predicted molar refractivity (Wildman–Crippen MR) is 78.3 cm³/mol. The van der Waals surface area contributed by atoms with Gasteiger partial charge in [-0.15, -0.1) is 0 Å². The summed E-state index contributed by atoms with van der Waals surface area (Å²) in [6, 6.07) is 10.0. The van der Waals surface area contributed by atoms with Crippen molar-refractivity contribution in [2.75, 3.05) is 5.32 Å². The van der Waals surface area contributed by atoms with Gasteiger partial charge in [-0.2, -0.15) is 0 Å². The summed E-state index contributed by atoms with van der Waals surface area (Å²) in [6.45, 7) is 0. The van der Waals surface area contributed by atoms with E-state index in [1.807, 2.05) is 0 Å². The van der Waals surface area contributed by atoms with Gasteiger partial charge in [0.15, 0.2) is 5.84 Å². The van der Waals surface area contributed by atoms with E-state index in [4.69, 9.17) is 22.5 Å². The van der Waals surface area contributed by atoms with Crippen molar-refractivity contribution in [1.82, 2.24) is 0 Å². The molecule has 0 bridgehead atoms. The van der Waals surface area contributed by atoms with Crippen molar-refractivity contribution in [2.45, 2.75) is 0 Å². The third-order valence-corrected chi connectivity index (χ3v) is 3.05. The average molecular weight is 308 g/mol. The lowest BCUT2D eigenvalue weighted by Gasteiger charge is -2.09. The van der Waals surface area contributed by atoms with E-state index in [9.17, 15) is 9.18 Å². The van der Waals surface area contributed by atoms with Crippen LogP contribution in [0.15, 0.2) is 47.6 Å². The highest BCUT2D eigenvalue weighted by Crippen LogP contribution is 2.24. The third-order valence-electron chi connectivity index (χ3n) is 2.74. The van der Waals surface area contributed by atoms with Crippen molar-refractivity contribution in [3.05, 3.63) is 64.4 Å². The molecule has 2 rings (SSSR count). The first-order chi connectivity index (χ1) is 10.0. The van der Waals surface area contributed by atoms with Gasteiger partial charge in [0, 0.05) is 5.56 Å². The maximum absolute atomic E-state index is 13.5. The molecule has 5 nitrogen and oxygen atoms in total. The fourth-order valence-electron chi connectivity index (χ4n) is 1.67. The van der Waals surface area contributed by atoms with E-state index in [0.717, 1.165) is 0 Å². The van der Waals surface area contributed by atoms with Gasteiger partial charge in [-0.1, -0.05) is 28.9 Å². The van der Waals surface area contributed by atoms with Gasteiger partial charge in [0.25, 0.3) is 5.91 Å². The number of rotatable bonds is 3. The number of oxime groups is 1. The molecular formula is C14H11ClFN3O2. The number of halogens is 2. The summed E-state index contributed by atoms with van der Waals surface area (Å²) in [5.74, 6) is -1.35. The monoisotopic (exact) mass is 307 g/mol. The minimum Gasteiger partial charge on any atom is -0.409 e. The number of carbonyl (C=O) groups excluding carboxylic acids is 1. The Morgan fingerprint density at radius 3 is 2.62 bits per heavy atom. The van der Waals surface area contributed by atoms with Crippen LogP contribution in [-0.2, 0) is 0 Å². The van der Waals surface area contributed by atoms with E-state index < -0.39 is 11.7 Å². The standard InChI is InChI=1S/C14H11ClFN3O2/c15-10-7-8(13(17)19-21)5-6-12(10)18-14(20)9-3-1-2-4-11(9)16/h1-7,21H,(H2,17,19)(H,18,20). The minimum atomic E-state index is -0.626. The summed E-state index contributed by atoms with van der Waals surface area (Å²) < 4.78 is 13.5. The second kappa shape index (κ2) is 6.23. The molecule has 2 aromatic rings. The maximum Gasteiger partial charge on any atom is 0.258 e. The zero-order valence-corrected chi connectivity index (χ0v) is 11.4. The first kappa shape index (κ1) is 14.8. The molecule has 1 amide bonds. The fourth-order valence-corrected chi connectivity index (χ4v) is 1.90. The summed E-state index contributed by atoms with van der Waals surface area (Å²) in [5, 5.41) is 14.1. The summed E-state index contributed by atoms with van der Waals surface area (Å²) in [5.41, 5.74) is 6.03. The van der Waals surface area contributed by atoms with Gasteiger partial charge in [0.1, 0.15) is 5.82 Å². The summed E-state index contributed by atoms with van der Waals surface area (Å²) in [6.07, 6.45) is 0. The SMILES string of the molecule is N/C(=N/O)c1ccc(NC(=O)c2ccccc2F)c(Cl)c1. The van der Waals surface area contributed by atoms with Gasteiger partial charge in [0.05, 0.1) is 16.3 Å². The van der Waals surface area contributed by atoms with Crippen LogP contribution in [0.4, 0.5) is 10.1 Å². The fraction of sp³-hybridized carbons (Fsp3) is 0. The molecular weight excluding hydrogens is 297 g/mol. The molecule has 0 fully saturated rings. The number of hydrogen-bond acceptors (Lipinski definition) is 3. The molecule has 0 aliphatic rings. The van der Waals surface area contributed by atoms with Crippen LogP contribution < -0.4 is 11.1 Å². The Morgan fingerprint density at radius 2 is 2.00 bits per heavy atom. The molecule has 0 aliphatic heterocycles. The summed E-state index contributed by atoms with van der Waals surface area (Å²) >= 11 is 6.00. The number of nitrogens with one attached hydrogen (secondary N) is 1. The number of nitrogens with two attached hydrogens (primary N) is 1. The van der Waals surface area contributed by atoms with E-state index >= 15 is 0 Å². The van der Waals surface area contributed by atoms with Gasteiger partial charge in [-0.3, -0.25) is 4.79 Å². The van der Waals surface area contributed by atoms with Crippen LogP contribution in [0.1, 0.15) is 15.9 Å². The first-order valence-corrected chi connectivity index (χ1v) is 6.24. The van der Waals surface area contributed by atoms with Gasteiger partial charge in [0.2, 0.25) is 0 Å². The van der Waals surface area contributed by atoms with Gasteiger partial charge >= 0.3 is 0 Å². The smallest absolute Gasteiger partial charge is 0.258 e. The lowest BCUT2D eigenvalue weighted by Crippen LogP contribution is -2.15. The van der Waals surface area contributed by atoms with E-state index in [1.165, 1.54) is 36.4 Å². The van der Waals surface area contributed by atoms with Gasteiger partial charge in [-0.05, 0) is 30.3 Å². The van der Waals surface area contributed by atoms with Crippen molar-refractivity contribution in [3.63, 3.8) is 0 Å². The van der Waals surface area contributed by atoms with Crippen molar-refractivity contribution in [1.29, 1.82) is 0 Å². The summed E-state index contributed by atoms with van der Waals surface area (Å²) in [4.78, 5) is 12.0. The Labute approximate surface area is 124 Å². The zero-order valence-electron chi connectivity index (χ0n) is 10.7. The Kier molecular flexibility index (Phi) is 4.39. The number of benzene rings is 2. The Hall–Kier alpha value is -2.60. The van der Waals surface area contributed by atoms with Crippen LogP contribution in [0.5, 0.6) is 0 Å². The van der Waals surface area contributed by atoms with E-state index in [0.29, 0.717) is 11.3 Å². The van der Waals surface area contributed by atoms with Gasteiger partial charge < -0.3 is 16.3 Å². The molecule has 0 aromatic heterocycles. The van der Waals surface area contributed by atoms with Crippen molar-refractivity contribution in [3.8, 4) is 0 Å². The van der Waals surface area contributed by atoms with E-state index in [-0.39, 0.29) is 16.4 Å². The third kappa shape index (κ3) is 3.29. The normalized spacial score (nSPS) is 11.2. The molecule has 0 unspecified atom stereocenters. The largest absolute Gasteiger partial charge is 0.409 e. The first-order valence-electron chi connectivity index (χ1n) is 5.86. The molecule has 0 aliphatic carbocycles. The van der Waals surface area contributed by atoms with Crippen LogP contribution in [-0.4, -0.2) is 17.0 Å². The number of nitrogens with zero attached hydrogens (tertiary/aromatic N) is 1. The molecule has 4 N–H and O–H groups in total. The molecule has 0 saturated carbocycles. The zero-order chi connectivity index (χ0) is 15.4. The lowest BCUT2D eigenvalue weighted by atomic mass is 10.1. The Morgan fingerprint density at radius 1 is 1.29 bits per heavy atom. The van der Waals surface area contributed by atoms with Crippen molar-refractivity contribution >= 4 is 29.0 Å². The minimum absolute atomic E-state index is 0.0888. The molecule has 2 aromatic carbocycles. The molecule has 108 valence electrons. The second-order valence-corrected chi connectivity index (χ2v) is 4.52. The van der Waals surface area contributed by atoms with Crippen LogP contribution in [0.2, 0.25) is 5.02 Å². The lowest BCUT2D eigenvalue weighted by molar-refractivity contribution is 0.102. The molecule has 21 heavy (non-hydrogen) atoms. The number of carbonyl (C=O) groups is 1. The van der Waals surface area contributed by atoms with E-state index in [1.54, 1.807) is 6.07 Å². The number of hydrogen-bond donors (Lipinski definition) is 3. The molecule has 0 saturated heterocycles. The Bertz CT molecular complexity index is 719. The van der Waals surface area contributed by atoms with Crippen LogP contribution in [0.25, 0.3) is 0 Å². The van der Waals surface area contributed by atoms with Crippen LogP contribution in [0.3, 0.4) is 0 Å². The highest BCUT2D eigenvalue weighted by molar-refractivity contribution is 6.34. The Balaban J connectivity index is 2.25. The topological polar surface area (TPSA) is 87.7 Å². The summed E-state index contributed by atoms with van der Waals surface area (Å²) in [7, 11) is 0. The maximum atomic E-state index is 13.5. The van der Waals surface area contributed by atoms with Crippen LogP contribution in [0, 0.1) is 5.82 Å². The number of amides is 1. The van der Waals surface area contributed by atoms with Crippen molar-refractivity contribution in [2.24, 2.45) is 10.9 Å². The van der Waals surface area contributed by atoms with Crippen LogP contribution >= 0.6 is 11.6 Å².